The molecule has 1 saturated heterocycles. The number of rotatable bonds is 3. The first-order chi connectivity index (χ1) is 10.7. The number of nitrogens with zero attached hydrogens (tertiary/aromatic N) is 2. The number of aromatic nitrogens is 1. The Morgan fingerprint density at radius 3 is 2.78 bits per heavy atom. The second-order valence-electron chi connectivity index (χ2n) is 6.86. The maximum atomic E-state index is 12.6. The van der Waals surface area contributed by atoms with Crippen LogP contribution in [0.4, 0.5) is 4.79 Å². The summed E-state index contributed by atoms with van der Waals surface area (Å²) in [6.07, 6.45) is 3.96. The SMILES string of the molecule is CC(C)(C)OC(=O)N1CCC[C@H](S(=O)(=O)Cc2cccnc2)C1. The van der Waals surface area contributed by atoms with E-state index >= 15 is 0 Å². The number of hydrogen-bond acceptors (Lipinski definition) is 5. The third-order valence-electron chi connectivity index (χ3n) is 3.63. The van der Waals surface area contributed by atoms with Crippen LogP contribution in [0.25, 0.3) is 0 Å². The van der Waals surface area contributed by atoms with E-state index in [0.717, 1.165) is 0 Å². The van der Waals surface area contributed by atoms with Crippen molar-refractivity contribution < 1.29 is 17.9 Å². The van der Waals surface area contributed by atoms with Gasteiger partial charge in [-0.15, -0.1) is 0 Å². The Bertz CT molecular complexity index is 638. The number of pyridine rings is 1. The number of carbonyl (C=O) groups excluding carboxylic acids is 1. The van der Waals surface area contributed by atoms with Gasteiger partial charge in [-0.05, 0) is 45.2 Å². The normalized spacial score (nSPS) is 19.4. The molecule has 1 aromatic heterocycles. The fourth-order valence-corrected chi connectivity index (χ4v) is 4.36. The molecule has 1 aliphatic heterocycles. The van der Waals surface area contributed by atoms with Gasteiger partial charge in [-0.25, -0.2) is 13.2 Å². The van der Waals surface area contributed by atoms with Crippen molar-refractivity contribution in [3.63, 3.8) is 0 Å². The molecule has 0 spiro atoms. The molecule has 0 N–H and O–H groups in total. The molecule has 0 aromatic carbocycles. The molecule has 1 fully saturated rings. The monoisotopic (exact) mass is 340 g/mol. The van der Waals surface area contributed by atoms with E-state index in [9.17, 15) is 13.2 Å². The third kappa shape index (κ3) is 5.20. The highest BCUT2D eigenvalue weighted by atomic mass is 32.2. The molecule has 7 heteroatoms. The molecular weight excluding hydrogens is 316 g/mol. The summed E-state index contributed by atoms with van der Waals surface area (Å²) in [5.41, 5.74) is 0.0837. The number of carbonyl (C=O) groups is 1. The standard InChI is InChI=1S/C16H24N2O4S/c1-16(2,3)22-15(19)18-9-5-7-14(11-18)23(20,21)12-13-6-4-8-17-10-13/h4,6,8,10,14H,5,7,9,11-12H2,1-3H3/t14-/m0/s1. The van der Waals surface area contributed by atoms with Gasteiger partial charge in [-0.3, -0.25) is 4.98 Å². The quantitative estimate of drug-likeness (QED) is 0.844. The second kappa shape index (κ2) is 6.86. The van der Waals surface area contributed by atoms with Gasteiger partial charge < -0.3 is 9.64 Å². The van der Waals surface area contributed by atoms with Crippen LogP contribution in [0.3, 0.4) is 0 Å². The average Bonchev–Trinajstić information content (AvgIpc) is 2.46. The van der Waals surface area contributed by atoms with Crippen LogP contribution < -0.4 is 0 Å². The van der Waals surface area contributed by atoms with E-state index in [1.165, 1.54) is 4.90 Å². The maximum absolute atomic E-state index is 12.6. The molecule has 0 aliphatic carbocycles. The van der Waals surface area contributed by atoms with Gasteiger partial charge in [0.2, 0.25) is 0 Å². The topological polar surface area (TPSA) is 76.6 Å². The van der Waals surface area contributed by atoms with E-state index in [0.29, 0.717) is 24.9 Å². The molecular formula is C16H24N2O4S. The molecule has 0 radical (unpaired) electrons. The van der Waals surface area contributed by atoms with E-state index in [-0.39, 0.29) is 12.3 Å². The smallest absolute Gasteiger partial charge is 0.410 e. The van der Waals surface area contributed by atoms with Crippen LogP contribution in [0.5, 0.6) is 0 Å². The van der Waals surface area contributed by atoms with Gasteiger partial charge in [0.1, 0.15) is 5.60 Å². The average molecular weight is 340 g/mol. The van der Waals surface area contributed by atoms with Crippen LogP contribution in [0.2, 0.25) is 0 Å². The van der Waals surface area contributed by atoms with Crippen molar-refractivity contribution in [3.05, 3.63) is 30.1 Å². The largest absolute Gasteiger partial charge is 0.444 e. The third-order valence-corrected chi connectivity index (χ3v) is 5.76. The number of piperidine rings is 1. The first kappa shape index (κ1) is 17.7. The molecule has 128 valence electrons. The Morgan fingerprint density at radius 2 is 2.17 bits per heavy atom. The number of likely N-dealkylation sites (tertiary alicyclic amines) is 1. The van der Waals surface area contributed by atoms with E-state index in [1.807, 2.05) is 0 Å². The minimum Gasteiger partial charge on any atom is -0.444 e. The van der Waals surface area contributed by atoms with Gasteiger partial charge in [0, 0.05) is 25.5 Å². The Hall–Kier alpha value is -1.63. The van der Waals surface area contributed by atoms with E-state index < -0.39 is 26.8 Å². The van der Waals surface area contributed by atoms with Crippen LogP contribution in [0.1, 0.15) is 39.2 Å². The van der Waals surface area contributed by atoms with Crippen molar-refractivity contribution in [3.8, 4) is 0 Å². The molecule has 1 atom stereocenters. The van der Waals surface area contributed by atoms with Crippen LogP contribution in [-0.2, 0) is 20.3 Å². The summed E-state index contributed by atoms with van der Waals surface area (Å²) < 4.78 is 30.5. The van der Waals surface area contributed by atoms with Crippen molar-refractivity contribution in [2.45, 2.75) is 50.2 Å². The van der Waals surface area contributed by atoms with Crippen LogP contribution in [0.15, 0.2) is 24.5 Å². The molecule has 6 nitrogen and oxygen atoms in total. The van der Waals surface area contributed by atoms with Crippen molar-refractivity contribution in [2.75, 3.05) is 13.1 Å². The lowest BCUT2D eigenvalue weighted by atomic mass is 10.1. The van der Waals surface area contributed by atoms with Gasteiger partial charge in [0.25, 0.3) is 0 Å². The highest BCUT2D eigenvalue weighted by molar-refractivity contribution is 7.91. The zero-order valence-electron chi connectivity index (χ0n) is 13.9. The van der Waals surface area contributed by atoms with Gasteiger partial charge in [0.15, 0.2) is 9.84 Å². The molecule has 0 bridgehead atoms. The van der Waals surface area contributed by atoms with Crippen LogP contribution in [-0.4, -0.2) is 48.3 Å². The van der Waals surface area contributed by atoms with Crippen molar-refractivity contribution >= 4 is 15.9 Å². The van der Waals surface area contributed by atoms with Gasteiger partial charge in [-0.2, -0.15) is 0 Å². The molecule has 2 heterocycles. The summed E-state index contributed by atoms with van der Waals surface area (Å²) >= 11 is 0. The summed E-state index contributed by atoms with van der Waals surface area (Å²) in [4.78, 5) is 17.6. The lowest BCUT2D eigenvalue weighted by molar-refractivity contribution is 0.0219. The maximum Gasteiger partial charge on any atom is 0.410 e. The van der Waals surface area contributed by atoms with Crippen LogP contribution >= 0.6 is 0 Å². The lowest BCUT2D eigenvalue weighted by Gasteiger charge is -2.33. The highest BCUT2D eigenvalue weighted by Crippen LogP contribution is 2.22. The molecule has 1 aromatic rings. The number of hydrogen-bond donors (Lipinski definition) is 0. The van der Waals surface area contributed by atoms with Gasteiger partial charge in [0.05, 0.1) is 11.0 Å². The summed E-state index contributed by atoms with van der Waals surface area (Å²) in [6.45, 7) is 6.12. The first-order valence-electron chi connectivity index (χ1n) is 7.76. The molecule has 1 amide bonds. The predicted octanol–water partition coefficient (Wildman–Crippen LogP) is 2.40. The minimum atomic E-state index is -3.34. The summed E-state index contributed by atoms with van der Waals surface area (Å²) in [5.74, 6) is -0.0480. The predicted molar refractivity (Wildman–Crippen MR) is 87.7 cm³/mol. The number of sulfone groups is 1. The second-order valence-corrected chi connectivity index (χ2v) is 9.14. The Morgan fingerprint density at radius 1 is 1.43 bits per heavy atom. The molecule has 2 rings (SSSR count). The van der Waals surface area contributed by atoms with Gasteiger partial charge in [-0.1, -0.05) is 6.07 Å². The number of amides is 1. The summed E-state index contributed by atoms with van der Waals surface area (Å²) in [5, 5.41) is -0.552. The van der Waals surface area contributed by atoms with Gasteiger partial charge >= 0.3 is 6.09 Å². The number of ether oxygens (including phenoxy) is 1. The molecule has 0 unspecified atom stereocenters. The summed E-state index contributed by atoms with van der Waals surface area (Å²) in [6, 6.07) is 3.47. The molecule has 0 saturated carbocycles. The zero-order valence-corrected chi connectivity index (χ0v) is 14.7. The lowest BCUT2D eigenvalue weighted by Crippen LogP contribution is -2.47. The van der Waals surface area contributed by atoms with E-state index in [1.54, 1.807) is 45.3 Å². The van der Waals surface area contributed by atoms with Crippen molar-refractivity contribution in [2.24, 2.45) is 0 Å². The Balaban J connectivity index is 2.04. The van der Waals surface area contributed by atoms with E-state index in [2.05, 4.69) is 4.98 Å². The van der Waals surface area contributed by atoms with E-state index in [4.69, 9.17) is 4.74 Å². The Kier molecular flexibility index (Phi) is 5.29. The fourth-order valence-electron chi connectivity index (χ4n) is 2.56. The molecule has 23 heavy (non-hydrogen) atoms. The van der Waals surface area contributed by atoms with Crippen molar-refractivity contribution in [1.82, 2.24) is 9.88 Å². The summed E-state index contributed by atoms with van der Waals surface area (Å²) in [7, 11) is -3.34. The molecule has 1 aliphatic rings. The van der Waals surface area contributed by atoms with Crippen LogP contribution in [0, 0.1) is 0 Å². The zero-order chi connectivity index (χ0) is 17.1. The fraction of sp³-hybridized carbons (Fsp3) is 0.625. The minimum absolute atomic E-state index is 0.0480. The van der Waals surface area contributed by atoms with Crippen molar-refractivity contribution in [1.29, 1.82) is 0 Å². The Labute approximate surface area is 137 Å². The first-order valence-corrected chi connectivity index (χ1v) is 9.47. The highest BCUT2D eigenvalue weighted by Gasteiger charge is 2.34.